The largest absolute Gasteiger partial charge is 0.454 e. The third-order valence-electron chi connectivity index (χ3n) is 6.98. The summed E-state index contributed by atoms with van der Waals surface area (Å²) in [5, 5.41) is 4.64. The zero-order valence-corrected chi connectivity index (χ0v) is 20.0. The molecule has 182 valence electrons. The Morgan fingerprint density at radius 2 is 1.89 bits per heavy atom. The lowest BCUT2D eigenvalue weighted by Gasteiger charge is -2.37. The van der Waals surface area contributed by atoms with E-state index in [1.807, 2.05) is 24.3 Å². The second-order valence-electron chi connectivity index (χ2n) is 9.20. The minimum Gasteiger partial charge on any atom is -0.454 e. The molecule has 2 fully saturated rings. The van der Waals surface area contributed by atoms with Crippen LogP contribution in [0, 0.1) is 0 Å². The summed E-state index contributed by atoms with van der Waals surface area (Å²) >= 11 is 6.56. The van der Waals surface area contributed by atoms with Crippen LogP contribution in [-0.4, -0.2) is 38.4 Å². The molecule has 0 saturated carbocycles. The monoisotopic (exact) mass is 495 g/mol. The Morgan fingerprint density at radius 3 is 2.69 bits per heavy atom. The molecule has 9 heteroatoms. The van der Waals surface area contributed by atoms with Gasteiger partial charge in [0.1, 0.15) is 0 Å². The molecule has 1 amide bonds. The van der Waals surface area contributed by atoms with Gasteiger partial charge in [-0.2, -0.15) is 0 Å². The molecule has 0 bridgehead atoms. The lowest BCUT2D eigenvalue weighted by atomic mass is 10.0. The lowest BCUT2D eigenvalue weighted by Crippen LogP contribution is -2.43. The van der Waals surface area contributed by atoms with Gasteiger partial charge in [-0.25, -0.2) is 4.79 Å². The maximum atomic E-state index is 12.9. The third kappa shape index (κ3) is 4.21. The van der Waals surface area contributed by atoms with E-state index in [2.05, 4.69) is 10.2 Å². The highest BCUT2D eigenvalue weighted by atomic mass is 35.5. The first-order chi connectivity index (χ1) is 17.1. The number of benzene rings is 2. The Balaban J connectivity index is 1.49. The molecular weight excluding hydrogens is 470 g/mol. The Labute approximate surface area is 207 Å². The molecule has 3 aliphatic heterocycles. The normalized spacial score (nSPS) is 18.0. The second-order valence-corrected chi connectivity index (χ2v) is 9.63. The SMILES string of the molecule is O=C1CCCN1c1cc(Cl)cc2c(N(Cc3ccc4c(c3)OCO4)C3CCNCC3)cc(=O)oc12. The number of piperidine rings is 1. The predicted molar refractivity (Wildman–Crippen MR) is 134 cm³/mol. The van der Waals surface area contributed by atoms with Gasteiger partial charge in [0, 0.05) is 42.0 Å². The molecule has 3 aromatic rings. The number of carbonyl (C=O) groups is 1. The van der Waals surface area contributed by atoms with Crippen LogP contribution in [0.2, 0.25) is 5.02 Å². The summed E-state index contributed by atoms with van der Waals surface area (Å²) in [5.74, 6) is 1.47. The fraction of sp³-hybridized carbons (Fsp3) is 0.385. The molecule has 0 radical (unpaired) electrons. The van der Waals surface area contributed by atoms with Crippen molar-refractivity contribution in [1.29, 1.82) is 0 Å². The number of halogens is 1. The fourth-order valence-electron chi connectivity index (χ4n) is 5.30. The van der Waals surface area contributed by atoms with Gasteiger partial charge >= 0.3 is 5.63 Å². The van der Waals surface area contributed by atoms with Crippen molar-refractivity contribution in [2.24, 2.45) is 0 Å². The number of carbonyl (C=O) groups excluding carboxylic acids is 1. The van der Waals surface area contributed by atoms with E-state index in [0.29, 0.717) is 35.8 Å². The number of nitrogens with one attached hydrogen (secondary N) is 1. The highest BCUT2D eigenvalue weighted by Gasteiger charge is 2.29. The maximum Gasteiger partial charge on any atom is 0.338 e. The number of anilines is 2. The number of hydrogen-bond acceptors (Lipinski definition) is 7. The maximum absolute atomic E-state index is 12.9. The Kier molecular flexibility index (Phi) is 5.78. The van der Waals surface area contributed by atoms with Crippen LogP contribution in [0.5, 0.6) is 11.5 Å². The topological polar surface area (TPSA) is 84.3 Å². The van der Waals surface area contributed by atoms with E-state index in [1.165, 1.54) is 0 Å². The van der Waals surface area contributed by atoms with Crippen molar-refractivity contribution in [3.63, 3.8) is 0 Å². The molecule has 0 aliphatic carbocycles. The number of rotatable bonds is 5. The van der Waals surface area contributed by atoms with Crippen molar-refractivity contribution in [1.82, 2.24) is 5.32 Å². The molecule has 1 aromatic heterocycles. The van der Waals surface area contributed by atoms with Crippen LogP contribution in [-0.2, 0) is 11.3 Å². The lowest BCUT2D eigenvalue weighted by molar-refractivity contribution is -0.117. The van der Waals surface area contributed by atoms with Crippen molar-refractivity contribution in [3.8, 4) is 11.5 Å². The summed E-state index contributed by atoms with van der Waals surface area (Å²) in [6.07, 6.45) is 3.11. The van der Waals surface area contributed by atoms with Gasteiger partial charge in [-0.1, -0.05) is 17.7 Å². The average molecular weight is 496 g/mol. The van der Waals surface area contributed by atoms with Crippen molar-refractivity contribution in [3.05, 3.63) is 57.4 Å². The van der Waals surface area contributed by atoms with Crippen LogP contribution >= 0.6 is 11.6 Å². The molecule has 8 nitrogen and oxygen atoms in total. The zero-order valence-electron chi connectivity index (χ0n) is 19.2. The van der Waals surface area contributed by atoms with E-state index in [9.17, 15) is 9.59 Å². The van der Waals surface area contributed by atoms with Gasteiger partial charge in [0.25, 0.3) is 0 Å². The summed E-state index contributed by atoms with van der Waals surface area (Å²) in [5.41, 5.74) is 2.31. The zero-order chi connectivity index (χ0) is 23.9. The van der Waals surface area contributed by atoms with E-state index in [1.54, 1.807) is 17.0 Å². The molecular formula is C26H26ClN3O5. The minimum absolute atomic E-state index is 0.0113. The minimum atomic E-state index is -0.452. The smallest absolute Gasteiger partial charge is 0.338 e. The third-order valence-corrected chi connectivity index (χ3v) is 7.20. The molecule has 6 rings (SSSR count). The standard InChI is InChI=1S/C26H26ClN3O5/c27-17-11-19-20(13-25(32)35-26(19)21(12-17)29-9-1-2-24(29)31)30(18-5-7-28-8-6-18)14-16-3-4-22-23(10-16)34-15-33-22/h3-4,10-13,18,28H,1-2,5-9,14-15H2. The fourth-order valence-corrected chi connectivity index (χ4v) is 5.51. The Hall–Kier alpha value is -3.23. The first-order valence-electron chi connectivity index (χ1n) is 12.0. The van der Waals surface area contributed by atoms with E-state index in [0.717, 1.165) is 60.5 Å². The molecule has 2 aromatic carbocycles. The molecule has 35 heavy (non-hydrogen) atoms. The number of fused-ring (bicyclic) bond motifs is 2. The second kappa shape index (κ2) is 9.09. The van der Waals surface area contributed by atoms with Crippen molar-refractivity contribution < 1.29 is 18.7 Å². The summed E-state index contributed by atoms with van der Waals surface area (Å²) in [6, 6.07) is 11.2. The van der Waals surface area contributed by atoms with Crippen LogP contribution in [0.1, 0.15) is 31.2 Å². The van der Waals surface area contributed by atoms with Gasteiger partial charge in [0.2, 0.25) is 12.7 Å². The van der Waals surface area contributed by atoms with Gasteiger partial charge in [-0.15, -0.1) is 0 Å². The molecule has 0 atom stereocenters. The van der Waals surface area contributed by atoms with Gasteiger partial charge in [0.05, 0.1) is 11.4 Å². The van der Waals surface area contributed by atoms with Crippen LogP contribution in [0.15, 0.2) is 45.6 Å². The Bertz CT molecular complexity index is 1350. The van der Waals surface area contributed by atoms with Crippen molar-refractivity contribution >= 4 is 39.9 Å². The van der Waals surface area contributed by atoms with Crippen molar-refractivity contribution in [2.75, 3.05) is 36.2 Å². The summed E-state index contributed by atoms with van der Waals surface area (Å²) in [6.45, 7) is 3.17. The van der Waals surface area contributed by atoms with Crippen LogP contribution in [0.25, 0.3) is 11.0 Å². The molecule has 3 aliphatic rings. The van der Waals surface area contributed by atoms with E-state index < -0.39 is 5.63 Å². The molecule has 2 saturated heterocycles. The number of hydrogen-bond donors (Lipinski definition) is 1. The van der Waals surface area contributed by atoms with Crippen LogP contribution in [0.3, 0.4) is 0 Å². The Morgan fingerprint density at radius 1 is 1.06 bits per heavy atom. The first-order valence-corrected chi connectivity index (χ1v) is 12.4. The number of ether oxygens (including phenoxy) is 2. The quantitative estimate of drug-likeness (QED) is 0.534. The molecule has 0 spiro atoms. The van der Waals surface area contributed by atoms with Gasteiger partial charge in [-0.05, 0) is 62.2 Å². The molecule has 4 heterocycles. The number of amides is 1. The first kappa shape index (κ1) is 22.2. The highest BCUT2D eigenvalue weighted by Crippen LogP contribution is 2.39. The van der Waals surface area contributed by atoms with E-state index in [-0.39, 0.29) is 18.7 Å². The van der Waals surface area contributed by atoms with Crippen LogP contribution < -0.4 is 30.2 Å². The molecule has 1 N–H and O–H groups in total. The summed E-state index contributed by atoms with van der Waals surface area (Å²) in [7, 11) is 0. The predicted octanol–water partition coefficient (Wildman–Crippen LogP) is 4.06. The van der Waals surface area contributed by atoms with Gasteiger partial charge in [-0.3, -0.25) is 4.79 Å². The summed E-state index contributed by atoms with van der Waals surface area (Å²) < 4.78 is 16.8. The van der Waals surface area contributed by atoms with Gasteiger partial charge < -0.3 is 29.0 Å². The van der Waals surface area contributed by atoms with Gasteiger partial charge in [0.15, 0.2) is 17.1 Å². The summed E-state index contributed by atoms with van der Waals surface area (Å²) in [4.78, 5) is 29.3. The van der Waals surface area contributed by atoms with Crippen molar-refractivity contribution in [2.45, 2.75) is 38.3 Å². The van der Waals surface area contributed by atoms with Crippen LogP contribution in [0.4, 0.5) is 11.4 Å². The average Bonchev–Trinajstić information content (AvgIpc) is 3.51. The highest BCUT2D eigenvalue weighted by molar-refractivity contribution is 6.32. The number of nitrogens with zero attached hydrogens (tertiary/aromatic N) is 2. The molecule has 0 unspecified atom stereocenters. The van der Waals surface area contributed by atoms with E-state index in [4.69, 9.17) is 25.5 Å². The van der Waals surface area contributed by atoms with E-state index >= 15 is 0 Å².